The predicted molar refractivity (Wildman–Crippen MR) is 84.2 cm³/mol. The zero-order valence-electron chi connectivity index (χ0n) is 12.9. The van der Waals surface area contributed by atoms with Crippen molar-refractivity contribution in [3.8, 4) is 5.69 Å². The van der Waals surface area contributed by atoms with Crippen LogP contribution in [0.2, 0.25) is 5.02 Å². The van der Waals surface area contributed by atoms with Gasteiger partial charge in [-0.3, -0.25) is 0 Å². The van der Waals surface area contributed by atoms with E-state index < -0.39 is 24.1 Å². The summed E-state index contributed by atoms with van der Waals surface area (Å²) in [6, 6.07) is 4.60. The van der Waals surface area contributed by atoms with Gasteiger partial charge >= 0.3 is 7.12 Å². The Balaban J connectivity index is 1.91. The van der Waals surface area contributed by atoms with E-state index in [1.54, 1.807) is 24.5 Å². The van der Waals surface area contributed by atoms with Gasteiger partial charge in [0.25, 0.3) is 0 Å². The summed E-state index contributed by atoms with van der Waals surface area (Å²) in [5.41, 5.74) is 0.399. The topological polar surface area (TPSA) is 36.3 Å². The molecule has 2 aromatic rings. The second kappa shape index (κ2) is 5.08. The SMILES string of the molecule is CC1(C)OB(c2cnn(-c3cccc(F)c3Cl)c2)OC1(C)C. The molecule has 0 spiro atoms. The maximum absolute atomic E-state index is 13.6. The summed E-state index contributed by atoms with van der Waals surface area (Å²) in [5.74, 6) is -0.480. The van der Waals surface area contributed by atoms with Crippen LogP contribution in [0.15, 0.2) is 30.6 Å². The van der Waals surface area contributed by atoms with Crippen LogP contribution in [-0.4, -0.2) is 28.1 Å². The molecule has 0 bridgehead atoms. The maximum atomic E-state index is 13.6. The molecule has 1 aliphatic heterocycles. The quantitative estimate of drug-likeness (QED) is 0.798. The largest absolute Gasteiger partial charge is 0.498 e. The Bertz CT molecular complexity index is 701. The molecule has 1 aromatic carbocycles. The van der Waals surface area contributed by atoms with Crippen molar-refractivity contribution in [2.45, 2.75) is 38.9 Å². The molecule has 0 radical (unpaired) electrons. The third kappa shape index (κ3) is 2.45. The van der Waals surface area contributed by atoms with Gasteiger partial charge in [-0.05, 0) is 39.8 Å². The lowest BCUT2D eigenvalue weighted by Crippen LogP contribution is -2.41. The lowest BCUT2D eigenvalue weighted by atomic mass is 9.82. The van der Waals surface area contributed by atoms with Gasteiger partial charge in [0.05, 0.1) is 16.9 Å². The van der Waals surface area contributed by atoms with Crippen LogP contribution < -0.4 is 5.46 Å². The first-order valence-corrected chi connectivity index (χ1v) is 7.44. The van der Waals surface area contributed by atoms with Crippen LogP contribution in [-0.2, 0) is 9.31 Å². The maximum Gasteiger partial charge on any atom is 0.498 e. The summed E-state index contributed by atoms with van der Waals surface area (Å²) in [7, 11) is -0.508. The van der Waals surface area contributed by atoms with E-state index in [1.807, 2.05) is 27.7 Å². The van der Waals surface area contributed by atoms with Gasteiger partial charge in [-0.15, -0.1) is 0 Å². The first-order valence-electron chi connectivity index (χ1n) is 7.06. The van der Waals surface area contributed by atoms with E-state index in [9.17, 15) is 4.39 Å². The fourth-order valence-corrected chi connectivity index (χ4v) is 2.45. The third-order valence-electron chi connectivity index (χ3n) is 4.31. The van der Waals surface area contributed by atoms with Crippen LogP contribution in [0.3, 0.4) is 0 Å². The number of aromatic nitrogens is 2. The highest BCUT2D eigenvalue weighted by atomic mass is 35.5. The molecule has 22 heavy (non-hydrogen) atoms. The minimum Gasteiger partial charge on any atom is -0.399 e. The van der Waals surface area contributed by atoms with Crippen LogP contribution in [0, 0.1) is 5.82 Å². The minimum absolute atomic E-state index is 0.0334. The highest BCUT2D eigenvalue weighted by molar-refractivity contribution is 6.62. The molecule has 0 amide bonds. The minimum atomic E-state index is -0.508. The fourth-order valence-electron chi connectivity index (χ4n) is 2.24. The Morgan fingerprint density at radius 1 is 1.18 bits per heavy atom. The van der Waals surface area contributed by atoms with Crippen LogP contribution >= 0.6 is 11.6 Å². The Morgan fingerprint density at radius 2 is 1.82 bits per heavy atom. The number of halogens is 2. The van der Waals surface area contributed by atoms with Crippen molar-refractivity contribution in [1.82, 2.24) is 9.78 Å². The van der Waals surface area contributed by atoms with E-state index in [0.29, 0.717) is 5.69 Å². The van der Waals surface area contributed by atoms with Gasteiger partial charge in [0.2, 0.25) is 0 Å². The molecule has 0 saturated carbocycles. The zero-order valence-corrected chi connectivity index (χ0v) is 13.7. The Morgan fingerprint density at radius 3 is 2.45 bits per heavy atom. The number of hydrogen-bond donors (Lipinski definition) is 0. The Labute approximate surface area is 134 Å². The summed E-state index contributed by atoms with van der Waals surface area (Å²) in [4.78, 5) is 0. The number of nitrogens with zero attached hydrogens (tertiary/aromatic N) is 2. The summed E-state index contributed by atoms with van der Waals surface area (Å²) >= 11 is 5.99. The molecule has 0 aliphatic carbocycles. The van der Waals surface area contributed by atoms with Crippen molar-refractivity contribution < 1.29 is 13.7 Å². The highest BCUT2D eigenvalue weighted by Crippen LogP contribution is 2.36. The highest BCUT2D eigenvalue weighted by Gasteiger charge is 2.52. The molecule has 2 heterocycles. The van der Waals surface area contributed by atoms with E-state index >= 15 is 0 Å². The molecule has 7 heteroatoms. The van der Waals surface area contributed by atoms with Gasteiger partial charge in [0.15, 0.2) is 0 Å². The summed E-state index contributed by atoms with van der Waals surface area (Å²) < 4.78 is 27.0. The Hall–Kier alpha value is -1.37. The van der Waals surface area contributed by atoms with Crippen LogP contribution in [0.1, 0.15) is 27.7 Å². The number of benzene rings is 1. The molecule has 0 atom stereocenters. The molecule has 4 nitrogen and oxygen atoms in total. The van der Waals surface area contributed by atoms with Crippen LogP contribution in [0.4, 0.5) is 4.39 Å². The van der Waals surface area contributed by atoms with Gasteiger partial charge in [0, 0.05) is 17.9 Å². The molecule has 116 valence electrons. The molecule has 3 rings (SSSR count). The van der Waals surface area contributed by atoms with Crippen molar-refractivity contribution in [2.75, 3.05) is 0 Å². The average Bonchev–Trinajstić information content (AvgIpc) is 2.97. The molecular formula is C15H17BClFN2O2. The standard InChI is InChI=1S/C15H17BClFN2O2/c1-14(2)15(3,4)22-16(21-14)10-8-19-20(9-10)12-7-5-6-11(18)13(12)17/h5-9H,1-4H3. The van der Waals surface area contributed by atoms with E-state index in [-0.39, 0.29) is 5.02 Å². The normalized spacial score (nSPS) is 19.6. The lowest BCUT2D eigenvalue weighted by Gasteiger charge is -2.32. The van der Waals surface area contributed by atoms with Gasteiger partial charge in [-0.1, -0.05) is 17.7 Å². The van der Waals surface area contributed by atoms with Crippen molar-refractivity contribution in [3.63, 3.8) is 0 Å². The molecule has 1 saturated heterocycles. The molecule has 1 fully saturated rings. The van der Waals surface area contributed by atoms with Gasteiger partial charge in [-0.2, -0.15) is 5.10 Å². The van der Waals surface area contributed by atoms with Crippen molar-refractivity contribution in [2.24, 2.45) is 0 Å². The molecule has 0 N–H and O–H groups in total. The molecular weight excluding hydrogens is 305 g/mol. The number of rotatable bonds is 2. The molecule has 1 aromatic heterocycles. The smallest absolute Gasteiger partial charge is 0.399 e. The van der Waals surface area contributed by atoms with Crippen LogP contribution in [0.25, 0.3) is 5.69 Å². The number of hydrogen-bond acceptors (Lipinski definition) is 3. The second-order valence-corrected chi connectivity index (χ2v) is 6.76. The first kappa shape index (κ1) is 15.5. The lowest BCUT2D eigenvalue weighted by molar-refractivity contribution is 0.00578. The van der Waals surface area contributed by atoms with E-state index in [0.717, 1.165) is 5.46 Å². The summed E-state index contributed by atoms with van der Waals surface area (Å²) in [5, 5.41) is 4.27. The zero-order chi connectivity index (χ0) is 16.1. The monoisotopic (exact) mass is 322 g/mol. The summed E-state index contributed by atoms with van der Waals surface area (Å²) in [6.07, 6.45) is 3.38. The van der Waals surface area contributed by atoms with Gasteiger partial charge in [0.1, 0.15) is 10.8 Å². The fraction of sp³-hybridized carbons (Fsp3) is 0.400. The second-order valence-electron chi connectivity index (χ2n) is 6.38. The molecule has 0 unspecified atom stereocenters. The van der Waals surface area contributed by atoms with Gasteiger partial charge in [-0.25, -0.2) is 9.07 Å². The van der Waals surface area contributed by atoms with Crippen molar-refractivity contribution in [1.29, 1.82) is 0 Å². The van der Waals surface area contributed by atoms with Crippen LogP contribution in [0.5, 0.6) is 0 Å². The average molecular weight is 323 g/mol. The Kier molecular flexibility index (Phi) is 3.59. The van der Waals surface area contributed by atoms with Gasteiger partial charge < -0.3 is 9.31 Å². The molecule has 1 aliphatic rings. The van der Waals surface area contributed by atoms with Crippen molar-refractivity contribution >= 4 is 24.2 Å². The predicted octanol–water partition coefficient (Wildman–Crippen LogP) is 2.96. The third-order valence-corrected chi connectivity index (χ3v) is 4.68. The van der Waals surface area contributed by atoms with E-state index in [2.05, 4.69) is 5.10 Å². The summed E-state index contributed by atoms with van der Waals surface area (Å²) in [6.45, 7) is 7.95. The van der Waals surface area contributed by atoms with E-state index in [1.165, 1.54) is 10.7 Å². The van der Waals surface area contributed by atoms with Crippen molar-refractivity contribution in [3.05, 3.63) is 41.4 Å². The van der Waals surface area contributed by atoms with E-state index in [4.69, 9.17) is 20.9 Å². The first-order chi connectivity index (χ1) is 10.2.